The second kappa shape index (κ2) is 7.89. The minimum Gasteiger partial charge on any atom is -0.383 e. The third-order valence-electron chi connectivity index (χ3n) is 2.86. The summed E-state index contributed by atoms with van der Waals surface area (Å²) >= 11 is 13.5. The van der Waals surface area contributed by atoms with Crippen molar-refractivity contribution in [2.45, 2.75) is 12.5 Å². The van der Waals surface area contributed by atoms with Crippen molar-refractivity contribution >= 4 is 45.6 Å². The fraction of sp³-hybridized carbons (Fsp3) is 0.286. The summed E-state index contributed by atoms with van der Waals surface area (Å²) in [7, 11) is 1.49. The molecule has 22 heavy (non-hydrogen) atoms. The van der Waals surface area contributed by atoms with E-state index >= 15 is 0 Å². The fourth-order valence-corrected chi connectivity index (χ4v) is 3.00. The molecule has 0 aliphatic carbocycles. The molecule has 0 bridgehead atoms. The van der Waals surface area contributed by atoms with Crippen LogP contribution in [-0.4, -0.2) is 30.6 Å². The molecule has 0 aliphatic rings. The number of aromatic nitrogens is 1. The Bertz CT molecular complexity index is 663. The highest BCUT2D eigenvalue weighted by atomic mass is 35.5. The Labute approximate surface area is 142 Å². The number of nitrogens with zero attached hydrogens (tertiary/aromatic N) is 1. The van der Waals surface area contributed by atoms with E-state index in [1.54, 1.807) is 12.3 Å². The number of hydrogen-bond donors (Lipinski definition) is 2. The van der Waals surface area contributed by atoms with E-state index in [-0.39, 0.29) is 12.5 Å². The van der Waals surface area contributed by atoms with E-state index in [1.807, 2.05) is 12.1 Å². The zero-order valence-corrected chi connectivity index (χ0v) is 14.1. The zero-order valence-electron chi connectivity index (χ0n) is 11.8. The number of ether oxygens (including phenoxy) is 1. The number of anilines is 1. The van der Waals surface area contributed by atoms with Crippen LogP contribution >= 0.6 is 34.5 Å². The van der Waals surface area contributed by atoms with E-state index in [1.165, 1.54) is 18.4 Å². The summed E-state index contributed by atoms with van der Waals surface area (Å²) in [6.07, 6.45) is 2.29. The summed E-state index contributed by atoms with van der Waals surface area (Å²) in [4.78, 5) is 16.9. The molecule has 2 rings (SSSR count). The van der Waals surface area contributed by atoms with Gasteiger partial charge in [-0.15, -0.1) is 11.3 Å². The zero-order chi connectivity index (χ0) is 16.1. The molecule has 0 saturated heterocycles. The van der Waals surface area contributed by atoms with Crippen molar-refractivity contribution in [2.75, 3.05) is 19.0 Å². The molecule has 1 amide bonds. The molecular weight excluding hydrogens is 345 g/mol. The molecule has 1 heterocycles. The SMILES string of the molecule is COCC(N)C(=O)Nc1ncc(Cc2cccc(Cl)c2Cl)s1. The molecule has 0 aliphatic heterocycles. The number of nitrogens with one attached hydrogen (secondary N) is 1. The van der Waals surface area contributed by atoms with Gasteiger partial charge in [-0.05, 0) is 11.6 Å². The molecule has 0 radical (unpaired) electrons. The third kappa shape index (κ3) is 4.41. The summed E-state index contributed by atoms with van der Waals surface area (Å²) < 4.78 is 4.84. The van der Waals surface area contributed by atoms with Gasteiger partial charge in [0.1, 0.15) is 6.04 Å². The van der Waals surface area contributed by atoms with Crippen molar-refractivity contribution < 1.29 is 9.53 Å². The van der Waals surface area contributed by atoms with Crippen LogP contribution in [-0.2, 0) is 16.0 Å². The second-order valence-electron chi connectivity index (χ2n) is 4.57. The molecule has 8 heteroatoms. The Morgan fingerprint density at radius 1 is 1.50 bits per heavy atom. The average Bonchev–Trinajstić information content (AvgIpc) is 2.91. The lowest BCUT2D eigenvalue weighted by molar-refractivity contribution is -0.118. The van der Waals surface area contributed by atoms with Gasteiger partial charge in [-0.1, -0.05) is 35.3 Å². The van der Waals surface area contributed by atoms with Crippen molar-refractivity contribution in [1.82, 2.24) is 4.98 Å². The Hall–Kier alpha value is -1.18. The molecule has 0 saturated carbocycles. The monoisotopic (exact) mass is 359 g/mol. The maximum Gasteiger partial charge on any atom is 0.245 e. The standard InChI is InChI=1S/C14H15Cl2N3O2S/c1-21-7-11(17)13(20)19-14-18-6-9(22-14)5-8-3-2-4-10(15)12(8)16/h2-4,6,11H,5,7,17H2,1H3,(H,18,19,20). The molecule has 5 nitrogen and oxygen atoms in total. The lowest BCUT2D eigenvalue weighted by Gasteiger charge is -2.08. The van der Waals surface area contributed by atoms with Crippen LogP contribution in [0.3, 0.4) is 0 Å². The number of rotatable bonds is 6. The first-order chi connectivity index (χ1) is 10.5. The smallest absolute Gasteiger partial charge is 0.245 e. The molecule has 2 aromatic rings. The molecule has 0 fully saturated rings. The van der Waals surface area contributed by atoms with Gasteiger partial charge >= 0.3 is 0 Å². The molecule has 1 aromatic carbocycles. The number of carbonyl (C=O) groups excluding carboxylic acids is 1. The van der Waals surface area contributed by atoms with E-state index in [2.05, 4.69) is 10.3 Å². The molecule has 3 N–H and O–H groups in total. The quantitative estimate of drug-likeness (QED) is 0.830. The minimum absolute atomic E-state index is 0.155. The second-order valence-corrected chi connectivity index (χ2v) is 6.47. The van der Waals surface area contributed by atoms with Crippen LogP contribution < -0.4 is 11.1 Å². The first kappa shape index (κ1) is 17.2. The largest absolute Gasteiger partial charge is 0.383 e. The molecule has 1 atom stereocenters. The lowest BCUT2D eigenvalue weighted by Crippen LogP contribution is -2.39. The predicted molar refractivity (Wildman–Crippen MR) is 89.9 cm³/mol. The highest BCUT2D eigenvalue weighted by Gasteiger charge is 2.15. The first-order valence-corrected chi connectivity index (χ1v) is 8.01. The average molecular weight is 360 g/mol. The van der Waals surface area contributed by atoms with Gasteiger partial charge in [0, 0.05) is 24.6 Å². The van der Waals surface area contributed by atoms with Crippen LogP contribution in [0.1, 0.15) is 10.4 Å². The number of hydrogen-bond acceptors (Lipinski definition) is 5. The van der Waals surface area contributed by atoms with Gasteiger partial charge in [0.2, 0.25) is 5.91 Å². The van der Waals surface area contributed by atoms with E-state index in [4.69, 9.17) is 33.7 Å². The number of benzene rings is 1. The Kier molecular flexibility index (Phi) is 6.16. The van der Waals surface area contributed by atoms with E-state index < -0.39 is 6.04 Å². The first-order valence-electron chi connectivity index (χ1n) is 6.44. The van der Waals surface area contributed by atoms with Crippen molar-refractivity contribution in [3.05, 3.63) is 44.9 Å². The highest BCUT2D eigenvalue weighted by Crippen LogP contribution is 2.29. The maximum absolute atomic E-state index is 11.8. The van der Waals surface area contributed by atoms with Crippen LogP contribution in [0.5, 0.6) is 0 Å². The lowest BCUT2D eigenvalue weighted by atomic mass is 10.1. The molecule has 0 spiro atoms. The van der Waals surface area contributed by atoms with E-state index in [0.29, 0.717) is 21.6 Å². The van der Waals surface area contributed by atoms with Crippen molar-refractivity contribution in [2.24, 2.45) is 5.73 Å². The minimum atomic E-state index is -0.722. The van der Waals surface area contributed by atoms with Gasteiger partial charge < -0.3 is 15.8 Å². The third-order valence-corrected chi connectivity index (χ3v) is 4.63. The van der Waals surface area contributed by atoms with Gasteiger partial charge in [0.15, 0.2) is 5.13 Å². The van der Waals surface area contributed by atoms with Crippen LogP contribution in [0.25, 0.3) is 0 Å². The van der Waals surface area contributed by atoms with Gasteiger partial charge in [0.05, 0.1) is 16.7 Å². The van der Waals surface area contributed by atoms with Crippen LogP contribution in [0.4, 0.5) is 5.13 Å². The number of amides is 1. The molecule has 118 valence electrons. The number of methoxy groups -OCH3 is 1. The maximum atomic E-state index is 11.8. The Morgan fingerprint density at radius 2 is 2.27 bits per heavy atom. The summed E-state index contributed by atoms with van der Waals surface area (Å²) in [6.45, 7) is 0.155. The van der Waals surface area contributed by atoms with Crippen molar-refractivity contribution in [3.8, 4) is 0 Å². The van der Waals surface area contributed by atoms with Gasteiger partial charge in [0.25, 0.3) is 0 Å². The number of carbonyl (C=O) groups is 1. The Morgan fingerprint density at radius 3 is 3.00 bits per heavy atom. The Balaban J connectivity index is 2.02. The van der Waals surface area contributed by atoms with Crippen LogP contribution in [0.2, 0.25) is 10.0 Å². The predicted octanol–water partition coefficient (Wildman–Crippen LogP) is 2.95. The van der Waals surface area contributed by atoms with Crippen LogP contribution in [0, 0.1) is 0 Å². The van der Waals surface area contributed by atoms with E-state index in [9.17, 15) is 4.79 Å². The number of thiazole rings is 1. The highest BCUT2D eigenvalue weighted by molar-refractivity contribution is 7.15. The summed E-state index contributed by atoms with van der Waals surface area (Å²) in [5.74, 6) is -0.330. The van der Waals surface area contributed by atoms with Crippen LogP contribution in [0.15, 0.2) is 24.4 Å². The molecular formula is C14H15Cl2N3O2S. The molecule has 1 unspecified atom stereocenters. The normalized spacial score (nSPS) is 12.2. The molecule has 1 aromatic heterocycles. The van der Waals surface area contributed by atoms with Crippen molar-refractivity contribution in [1.29, 1.82) is 0 Å². The van der Waals surface area contributed by atoms with E-state index in [0.717, 1.165) is 10.4 Å². The fourth-order valence-electron chi connectivity index (χ4n) is 1.77. The summed E-state index contributed by atoms with van der Waals surface area (Å²) in [5.41, 5.74) is 6.56. The van der Waals surface area contributed by atoms with Gasteiger partial charge in [-0.3, -0.25) is 4.79 Å². The topological polar surface area (TPSA) is 77.2 Å². The number of halogens is 2. The van der Waals surface area contributed by atoms with Gasteiger partial charge in [-0.2, -0.15) is 0 Å². The number of nitrogens with two attached hydrogens (primary N) is 1. The summed E-state index contributed by atoms with van der Waals surface area (Å²) in [6, 6.07) is 4.76. The summed E-state index contributed by atoms with van der Waals surface area (Å²) in [5, 5.41) is 4.20. The van der Waals surface area contributed by atoms with Gasteiger partial charge in [-0.25, -0.2) is 4.98 Å². The van der Waals surface area contributed by atoms with Crippen molar-refractivity contribution in [3.63, 3.8) is 0 Å².